The molecule has 0 aliphatic heterocycles. The summed E-state index contributed by atoms with van der Waals surface area (Å²) in [6.07, 6.45) is 0. The first kappa shape index (κ1) is 17.9. The van der Waals surface area contributed by atoms with Gasteiger partial charge in [0.25, 0.3) is 5.91 Å². The largest absolute Gasteiger partial charge is 0.455 e. The maximum Gasteiger partial charge on any atom is 0.287 e. The van der Waals surface area contributed by atoms with Gasteiger partial charge in [-0.25, -0.2) is 8.42 Å². The highest BCUT2D eigenvalue weighted by Crippen LogP contribution is 2.19. The smallest absolute Gasteiger partial charge is 0.287 e. The molecule has 0 saturated heterocycles. The topological polar surface area (TPSA) is 76.4 Å². The summed E-state index contributed by atoms with van der Waals surface area (Å²) in [4.78, 5) is 12.5. The van der Waals surface area contributed by atoms with E-state index in [1.807, 2.05) is 37.3 Å². The quantitative estimate of drug-likeness (QED) is 0.718. The number of nitrogens with one attached hydrogen (secondary N) is 1. The highest BCUT2D eigenvalue weighted by atomic mass is 32.2. The van der Waals surface area contributed by atoms with Crippen molar-refractivity contribution in [3.8, 4) is 0 Å². The fraction of sp³-hybridized carbons (Fsp3) is 0.150. The highest BCUT2D eigenvalue weighted by Gasteiger charge is 2.20. The van der Waals surface area contributed by atoms with Gasteiger partial charge in [-0.15, -0.1) is 0 Å². The zero-order chi connectivity index (χ0) is 18.6. The molecule has 3 rings (SSSR count). The van der Waals surface area contributed by atoms with Crippen molar-refractivity contribution in [2.45, 2.75) is 23.6 Å². The van der Waals surface area contributed by atoms with Gasteiger partial charge in [0.2, 0.25) is 0 Å². The van der Waals surface area contributed by atoms with E-state index in [0.29, 0.717) is 0 Å². The minimum absolute atomic E-state index is 0.0889. The summed E-state index contributed by atoms with van der Waals surface area (Å²) in [6.45, 7) is 1.87. The third kappa shape index (κ3) is 4.21. The monoisotopic (exact) mass is 369 g/mol. The van der Waals surface area contributed by atoms with E-state index in [4.69, 9.17) is 4.42 Å². The van der Waals surface area contributed by atoms with Crippen LogP contribution in [0, 0.1) is 0 Å². The first-order valence-corrected chi connectivity index (χ1v) is 9.83. The lowest BCUT2D eigenvalue weighted by atomic mass is 10.1. The number of furan rings is 1. The van der Waals surface area contributed by atoms with Crippen LogP contribution in [0.5, 0.6) is 0 Å². The van der Waals surface area contributed by atoms with Gasteiger partial charge in [-0.3, -0.25) is 4.79 Å². The average molecular weight is 369 g/mol. The molecule has 0 aliphatic rings. The number of benzene rings is 2. The summed E-state index contributed by atoms with van der Waals surface area (Å²) in [7, 11) is -3.52. The van der Waals surface area contributed by atoms with Gasteiger partial charge >= 0.3 is 0 Å². The van der Waals surface area contributed by atoms with Crippen molar-refractivity contribution in [3.63, 3.8) is 0 Å². The molecule has 26 heavy (non-hydrogen) atoms. The lowest BCUT2D eigenvalue weighted by Gasteiger charge is -2.13. The number of hydrogen-bond acceptors (Lipinski definition) is 4. The number of rotatable bonds is 6. The van der Waals surface area contributed by atoms with Crippen LogP contribution >= 0.6 is 0 Å². The predicted octanol–water partition coefficient (Wildman–Crippen LogP) is 3.74. The van der Waals surface area contributed by atoms with E-state index < -0.39 is 9.84 Å². The molecule has 0 radical (unpaired) electrons. The Bertz CT molecular complexity index is 979. The highest BCUT2D eigenvalue weighted by molar-refractivity contribution is 7.90. The molecule has 1 amide bonds. The third-order valence-electron chi connectivity index (χ3n) is 3.97. The summed E-state index contributed by atoms with van der Waals surface area (Å²) in [5.41, 5.74) is 0.972. The Kier molecular flexibility index (Phi) is 5.23. The van der Waals surface area contributed by atoms with Crippen molar-refractivity contribution in [2.24, 2.45) is 0 Å². The molecule has 0 saturated carbocycles. The lowest BCUT2D eigenvalue weighted by Crippen LogP contribution is -2.26. The summed E-state index contributed by atoms with van der Waals surface area (Å²) in [5, 5.41) is 2.84. The van der Waals surface area contributed by atoms with Crippen LogP contribution in [0.25, 0.3) is 0 Å². The maximum atomic E-state index is 12.4. The molecule has 1 heterocycles. The van der Waals surface area contributed by atoms with Crippen LogP contribution in [0.2, 0.25) is 0 Å². The van der Waals surface area contributed by atoms with Crippen molar-refractivity contribution in [3.05, 3.63) is 89.9 Å². The van der Waals surface area contributed by atoms with Gasteiger partial charge in [-0.1, -0.05) is 48.5 Å². The number of hydrogen-bond donors (Lipinski definition) is 1. The Morgan fingerprint density at radius 3 is 2.23 bits per heavy atom. The molecule has 134 valence electrons. The Labute approximate surface area is 152 Å². The van der Waals surface area contributed by atoms with Crippen LogP contribution in [0.1, 0.15) is 34.8 Å². The summed E-state index contributed by atoms with van der Waals surface area (Å²) in [6, 6.07) is 20.5. The number of sulfone groups is 1. The molecule has 1 unspecified atom stereocenters. The van der Waals surface area contributed by atoms with Crippen molar-refractivity contribution >= 4 is 15.7 Å². The summed E-state index contributed by atoms with van der Waals surface area (Å²) in [5.74, 6) is -0.361. The second-order valence-electron chi connectivity index (χ2n) is 5.94. The van der Waals surface area contributed by atoms with E-state index >= 15 is 0 Å². The van der Waals surface area contributed by atoms with Crippen molar-refractivity contribution in [1.29, 1.82) is 0 Å². The van der Waals surface area contributed by atoms with Crippen LogP contribution in [-0.4, -0.2) is 14.3 Å². The molecular weight excluding hydrogens is 350 g/mol. The first-order valence-electron chi connectivity index (χ1n) is 8.18. The van der Waals surface area contributed by atoms with E-state index in [1.165, 1.54) is 24.3 Å². The number of carbonyl (C=O) groups excluding carboxylic acids is 1. The molecule has 0 bridgehead atoms. The average Bonchev–Trinajstić information content (AvgIpc) is 3.11. The van der Waals surface area contributed by atoms with Gasteiger partial charge in [0, 0.05) is 0 Å². The fourth-order valence-corrected chi connectivity index (χ4v) is 3.84. The predicted molar refractivity (Wildman–Crippen MR) is 98.4 cm³/mol. The van der Waals surface area contributed by atoms with E-state index in [-0.39, 0.29) is 34.1 Å². The first-order chi connectivity index (χ1) is 12.5. The lowest BCUT2D eigenvalue weighted by molar-refractivity contribution is 0.0910. The summed E-state index contributed by atoms with van der Waals surface area (Å²) < 4.78 is 30.2. The SMILES string of the molecule is CC(NC(=O)c1ccc(CS(=O)(=O)c2ccccc2)o1)c1ccccc1. The number of carbonyl (C=O) groups is 1. The molecule has 6 heteroatoms. The van der Waals surface area contributed by atoms with Crippen LogP contribution in [0.4, 0.5) is 0 Å². The Morgan fingerprint density at radius 2 is 1.58 bits per heavy atom. The fourth-order valence-electron chi connectivity index (χ4n) is 2.57. The molecule has 0 spiro atoms. The third-order valence-corrected chi connectivity index (χ3v) is 5.62. The molecular formula is C20H19NO4S. The Hall–Kier alpha value is -2.86. The van der Waals surface area contributed by atoms with E-state index in [0.717, 1.165) is 5.56 Å². The zero-order valence-electron chi connectivity index (χ0n) is 14.3. The van der Waals surface area contributed by atoms with Gasteiger partial charge < -0.3 is 9.73 Å². The van der Waals surface area contributed by atoms with Gasteiger partial charge in [0.1, 0.15) is 11.5 Å². The Morgan fingerprint density at radius 1 is 0.962 bits per heavy atom. The summed E-state index contributed by atoms with van der Waals surface area (Å²) >= 11 is 0. The molecule has 1 aromatic heterocycles. The standard InChI is InChI=1S/C20H19NO4S/c1-15(16-8-4-2-5-9-16)21-20(22)19-13-12-17(25-19)14-26(23,24)18-10-6-3-7-11-18/h2-13,15H,14H2,1H3,(H,21,22). The second kappa shape index (κ2) is 7.58. The van der Waals surface area contributed by atoms with Crippen molar-refractivity contribution < 1.29 is 17.6 Å². The van der Waals surface area contributed by atoms with E-state index in [2.05, 4.69) is 5.32 Å². The van der Waals surface area contributed by atoms with Crippen LogP contribution in [-0.2, 0) is 15.6 Å². The van der Waals surface area contributed by atoms with Crippen LogP contribution in [0.15, 0.2) is 82.1 Å². The zero-order valence-corrected chi connectivity index (χ0v) is 15.1. The molecule has 5 nitrogen and oxygen atoms in total. The molecule has 0 fully saturated rings. The van der Waals surface area contributed by atoms with Gasteiger partial charge in [-0.2, -0.15) is 0 Å². The van der Waals surface area contributed by atoms with Crippen molar-refractivity contribution in [1.82, 2.24) is 5.32 Å². The molecule has 0 aliphatic carbocycles. The van der Waals surface area contributed by atoms with E-state index in [1.54, 1.807) is 18.2 Å². The minimum atomic E-state index is -3.52. The minimum Gasteiger partial charge on any atom is -0.455 e. The van der Waals surface area contributed by atoms with E-state index in [9.17, 15) is 13.2 Å². The molecule has 3 aromatic rings. The van der Waals surface area contributed by atoms with Gasteiger partial charge in [0.15, 0.2) is 15.6 Å². The molecule has 2 aromatic carbocycles. The van der Waals surface area contributed by atoms with Gasteiger partial charge in [-0.05, 0) is 36.8 Å². The molecule has 1 N–H and O–H groups in total. The second-order valence-corrected chi connectivity index (χ2v) is 7.93. The van der Waals surface area contributed by atoms with Crippen molar-refractivity contribution in [2.75, 3.05) is 0 Å². The normalized spacial score (nSPS) is 12.5. The van der Waals surface area contributed by atoms with Crippen LogP contribution < -0.4 is 5.32 Å². The molecule has 1 atom stereocenters. The Balaban J connectivity index is 1.69. The maximum absolute atomic E-state index is 12.4. The van der Waals surface area contributed by atoms with Crippen LogP contribution in [0.3, 0.4) is 0 Å². The number of amides is 1. The van der Waals surface area contributed by atoms with Gasteiger partial charge in [0.05, 0.1) is 10.9 Å².